The molecule has 0 spiro atoms. The molecule has 1 atom stereocenters. The molecule has 0 bridgehead atoms. The number of rotatable bonds is 4. The summed E-state index contributed by atoms with van der Waals surface area (Å²) in [6.07, 6.45) is 0.830. The molecular formula is C11H13ClN2O2S3. The van der Waals surface area contributed by atoms with Crippen molar-refractivity contribution < 1.29 is 8.42 Å². The van der Waals surface area contributed by atoms with Crippen LogP contribution < -0.4 is 10.5 Å². The van der Waals surface area contributed by atoms with Crippen LogP contribution in [0.1, 0.15) is 12.0 Å². The Morgan fingerprint density at radius 1 is 1.53 bits per heavy atom. The number of nitrogens with two attached hydrogens (primary N) is 1. The van der Waals surface area contributed by atoms with Crippen molar-refractivity contribution in [2.75, 3.05) is 11.5 Å². The minimum absolute atomic E-state index is 0.0244. The van der Waals surface area contributed by atoms with Gasteiger partial charge in [-0.1, -0.05) is 29.9 Å². The smallest absolute Gasteiger partial charge is 0.242 e. The Labute approximate surface area is 127 Å². The largest absolute Gasteiger partial charge is 0.389 e. The Kier molecular flexibility index (Phi) is 4.73. The molecule has 8 heteroatoms. The second-order valence-corrected chi connectivity index (χ2v) is 7.87. The normalized spacial score (nSPS) is 19.5. The zero-order chi connectivity index (χ0) is 14.0. The van der Waals surface area contributed by atoms with Gasteiger partial charge in [0.15, 0.2) is 0 Å². The topological polar surface area (TPSA) is 72.2 Å². The van der Waals surface area contributed by atoms with E-state index in [1.807, 2.05) is 0 Å². The SMILES string of the molecule is NC(=S)c1ccc(Cl)c(S(=O)(=O)NC2CCSC2)c1. The average Bonchev–Trinajstić information content (AvgIpc) is 2.81. The maximum Gasteiger partial charge on any atom is 0.242 e. The van der Waals surface area contributed by atoms with E-state index in [2.05, 4.69) is 4.72 Å². The van der Waals surface area contributed by atoms with Crippen molar-refractivity contribution in [3.05, 3.63) is 28.8 Å². The van der Waals surface area contributed by atoms with Gasteiger partial charge in [0.1, 0.15) is 9.88 Å². The Morgan fingerprint density at radius 3 is 2.84 bits per heavy atom. The lowest BCUT2D eigenvalue weighted by atomic mass is 10.2. The van der Waals surface area contributed by atoms with Gasteiger partial charge in [0.25, 0.3) is 0 Å². The summed E-state index contributed by atoms with van der Waals surface area (Å²) in [6.45, 7) is 0. The molecule has 3 N–H and O–H groups in total. The summed E-state index contributed by atoms with van der Waals surface area (Å²) in [6, 6.07) is 4.47. The molecule has 1 unspecified atom stereocenters. The van der Waals surface area contributed by atoms with Crippen molar-refractivity contribution in [2.24, 2.45) is 5.73 Å². The number of nitrogens with one attached hydrogen (secondary N) is 1. The molecule has 1 fully saturated rings. The van der Waals surface area contributed by atoms with Gasteiger partial charge in [0.05, 0.1) is 5.02 Å². The standard InChI is InChI=1S/C11H13ClN2O2S3/c12-9-2-1-7(11(13)17)5-10(9)19(15,16)14-8-3-4-18-6-8/h1-2,5,8,14H,3-4,6H2,(H2,13,17). The van der Waals surface area contributed by atoms with Crippen molar-refractivity contribution in [1.29, 1.82) is 0 Å². The van der Waals surface area contributed by atoms with Crippen molar-refractivity contribution in [3.63, 3.8) is 0 Å². The predicted octanol–water partition coefficient (Wildman–Crippen LogP) is 1.76. The highest BCUT2D eigenvalue weighted by atomic mass is 35.5. The van der Waals surface area contributed by atoms with E-state index in [1.165, 1.54) is 12.1 Å². The highest BCUT2D eigenvalue weighted by molar-refractivity contribution is 7.99. The maximum absolute atomic E-state index is 12.3. The molecule has 1 aromatic rings. The lowest BCUT2D eigenvalue weighted by Gasteiger charge is -2.13. The molecule has 1 saturated heterocycles. The van der Waals surface area contributed by atoms with Crippen LogP contribution in [0.4, 0.5) is 0 Å². The second-order valence-electron chi connectivity index (χ2n) is 4.19. The van der Waals surface area contributed by atoms with Gasteiger partial charge in [-0.05, 0) is 24.3 Å². The van der Waals surface area contributed by atoms with Gasteiger partial charge >= 0.3 is 0 Å². The van der Waals surface area contributed by atoms with Gasteiger partial charge < -0.3 is 5.73 Å². The summed E-state index contributed by atoms with van der Waals surface area (Å²) in [7, 11) is -3.64. The van der Waals surface area contributed by atoms with Gasteiger partial charge in [0.2, 0.25) is 10.0 Å². The molecule has 4 nitrogen and oxygen atoms in total. The lowest BCUT2D eigenvalue weighted by molar-refractivity contribution is 0.563. The highest BCUT2D eigenvalue weighted by Crippen LogP contribution is 2.25. The highest BCUT2D eigenvalue weighted by Gasteiger charge is 2.25. The van der Waals surface area contributed by atoms with E-state index < -0.39 is 10.0 Å². The van der Waals surface area contributed by atoms with E-state index in [0.29, 0.717) is 5.56 Å². The summed E-state index contributed by atoms with van der Waals surface area (Å²) in [5, 5.41) is 0.165. The first-order chi connectivity index (χ1) is 8.90. The van der Waals surface area contributed by atoms with Crippen molar-refractivity contribution in [3.8, 4) is 0 Å². The third-order valence-corrected chi connectivity index (χ3v) is 6.16. The van der Waals surface area contributed by atoms with Gasteiger partial charge in [-0.15, -0.1) is 0 Å². The monoisotopic (exact) mass is 336 g/mol. The summed E-state index contributed by atoms with van der Waals surface area (Å²) in [5.74, 6) is 1.75. The molecule has 1 aliphatic heterocycles. The van der Waals surface area contributed by atoms with Gasteiger partial charge in [-0.2, -0.15) is 11.8 Å². The van der Waals surface area contributed by atoms with Crippen LogP contribution in [0.5, 0.6) is 0 Å². The molecule has 104 valence electrons. The zero-order valence-electron chi connectivity index (χ0n) is 9.93. The van der Waals surface area contributed by atoms with Crippen LogP contribution in [0.2, 0.25) is 5.02 Å². The predicted molar refractivity (Wildman–Crippen MR) is 83.4 cm³/mol. The molecule has 19 heavy (non-hydrogen) atoms. The number of hydrogen-bond acceptors (Lipinski definition) is 4. The molecule has 0 radical (unpaired) electrons. The first-order valence-electron chi connectivity index (χ1n) is 5.59. The molecular weight excluding hydrogens is 324 g/mol. The van der Waals surface area contributed by atoms with Crippen LogP contribution in [0, 0.1) is 0 Å². The first-order valence-corrected chi connectivity index (χ1v) is 9.02. The lowest BCUT2D eigenvalue weighted by Crippen LogP contribution is -2.34. The molecule has 1 heterocycles. The van der Waals surface area contributed by atoms with Crippen LogP contribution in [0.3, 0.4) is 0 Å². The maximum atomic E-state index is 12.3. The van der Waals surface area contributed by atoms with Gasteiger partial charge in [-0.3, -0.25) is 0 Å². The van der Waals surface area contributed by atoms with E-state index in [0.717, 1.165) is 17.9 Å². The van der Waals surface area contributed by atoms with E-state index in [1.54, 1.807) is 17.8 Å². The fourth-order valence-corrected chi connectivity index (χ4v) is 4.95. The quantitative estimate of drug-likeness (QED) is 0.820. The average molecular weight is 337 g/mol. The van der Waals surface area contributed by atoms with Gasteiger partial charge in [-0.25, -0.2) is 13.1 Å². The molecule has 1 aromatic carbocycles. The summed E-state index contributed by atoms with van der Waals surface area (Å²) >= 11 is 12.5. The van der Waals surface area contributed by atoms with E-state index in [4.69, 9.17) is 29.6 Å². The number of hydrogen-bond donors (Lipinski definition) is 2. The van der Waals surface area contributed by atoms with Gasteiger partial charge in [0, 0.05) is 17.4 Å². The first kappa shape index (κ1) is 15.1. The van der Waals surface area contributed by atoms with Crippen molar-refractivity contribution in [2.45, 2.75) is 17.4 Å². The fraction of sp³-hybridized carbons (Fsp3) is 0.364. The molecule has 2 rings (SSSR count). The Bertz CT molecular complexity index is 598. The van der Waals surface area contributed by atoms with E-state index >= 15 is 0 Å². The number of benzene rings is 1. The fourth-order valence-electron chi connectivity index (χ4n) is 1.77. The Balaban J connectivity index is 2.33. The summed E-state index contributed by atoms with van der Waals surface area (Å²) < 4.78 is 27.3. The molecule has 0 saturated carbocycles. The molecule has 0 amide bonds. The third-order valence-electron chi connectivity index (χ3n) is 2.76. The number of halogens is 1. The van der Waals surface area contributed by atoms with Crippen LogP contribution in [-0.2, 0) is 10.0 Å². The molecule has 0 aromatic heterocycles. The van der Waals surface area contributed by atoms with Crippen molar-refractivity contribution in [1.82, 2.24) is 4.72 Å². The number of thioether (sulfide) groups is 1. The minimum Gasteiger partial charge on any atom is -0.389 e. The molecule has 0 aliphatic carbocycles. The van der Waals surface area contributed by atoms with Crippen molar-refractivity contribution >= 4 is 50.6 Å². The number of thiocarbonyl (C=S) groups is 1. The Hall–Kier alpha value is -0.340. The third kappa shape index (κ3) is 3.61. The second kappa shape index (κ2) is 5.97. The summed E-state index contributed by atoms with van der Waals surface area (Å²) in [4.78, 5) is 0.168. The Morgan fingerprint density at radius 2 is 2.26 bits per heavy atom. The number of sulfonamides is 1. The van der Waals surface area contributed by atoms with E-state index in [9.17, 15) is 8.42 Å². The van der Waals surface area contributed by atoms with Crippen LogP contribution in [0.15, 0.2) is 23.1 Å². The van der Waals surface area contributed by atoms with E-state index in [-0.39, 0.29) is 20.9 Å². The summed E-state index contributed by atoms with van der Waals surface area (Å²) in [5.41, 5.74) is 6.00. The van der Waals surface area contributed by atoms with Crippen LogP contribution in [-0.4, -0.2) is 31.0 Å². The minimum atomic E-state index is -3.64. The van der Waals surface area contributed by atoms with Crippen LogP contribution >= 0.6 is 35.6 Å². The molecule has 1 aliphatic rings. The zero-order valence-corrected chi connectivity index (χ0v) is 13.1. The van der Waals surface area contributed by atoms with Crippen LogP contribution in [0.25, 0.3) is 0 Å².